The van der Waals surface area contributed by atoms with Crippen LogP contribution < -0.4 is 5.32 Å². The van der Waals surface area contributed by atoms with Crippen LogP contribution in [-0.2, 0) is 0 Å². The van der Waals surface area contributed by atoms with Crippen molar-refractivity contribution < 1.29 is 0 Å². The summed E-state index contributed by atoms with van der Waals surface area (Å²) in [4.78, 5) is 15.9. The topological polar surface area (TPSA) is 48.7 Å². The summed E-state index contributed by atoms with van der Waals surface area (Å²) in [6.45, 7) is 9.54. The van der Waals surface area contributed by atoms with Crippen molar-refractivity contribution in [3.8, 4) is 0 Å². The Labute approximate surface area is 185 Å². The van der Waals surface area contributed by atoms with Crippen molar-refractivity contribution in [3.05, 3.63) is 41.1 Å². The molecule has 0 radical (unpaired) electrons. The Balaban J connectivity index is 1.49. The van der Waals surface area contributed by atoms with E-state index < -0.39 is 0 Å². The molecule has 0 aliphatic carbocycles. The third kappa shape index (κ3) is 4.72. The van der Waals surface area contributed by atoms with Gasteiger partial charge in [0.15, 0.2) is 5.96 Å². The number of aliphatic imine (C=N–C) groups is 1. The average Bonchev–Trinajstić information content (AvgIpc) is 3.46. The van der Waals surface area contributed by atoms with Gasteiger partial charge in [-0.1, -0.05) is 13.0 Å². The summed E-state index contributed by atoms with van der Waals surface area (Å²) >= 11 is 1.88. The molecule has 2 aromatic rings. The Hall–Kier alpha value is -1.86. The maximum Gasteiger partial charge on any atom is 0.193 e. The van der Waals surface area contributed by atoms with Gasteiger partial charge in [0.05, 0.1) is 12.4 Å². The number of imidazole rings is 1. The Morgan fingerprint density at radius 1 is 1.33 bits per heavy atom. The molecule has 0 spiro atoms. The van der Waals surface area contributed by atoms with Crippen molar-refractivity contribution in [2.24, 2.45) is 16.8 Å². The molecule has 2 saturated heterocycles. The summed E-state index contributed by atoms with van der Waals surface area (Å²) in [6, 6.07) is 5.41. The van der Waals surface area contributed by atoms with E-state index in [2.05, 4.69) is 69.3 Å². The lowest BCUT2D eigenvalue weighted by Gasteiger charge is -2.40. The lowest BCUT2D eigenvalue weighted by atomic mass is 9.88. The van der Waals surface area contributed by atoms with E-state index in [4.69, 9.17) is 4.99 Å². The zero-order valence-electron chi connectivity index (χ0n) is 18.6. The van der Waals surface area contributed by atoms with Gasteiger partial charge in [-0.05, 0) is 63.1 Å². The number of likely N-dealkylation sites (tertiary alicyclic amines) is 2. The van der Waals surface area contributed by atoms with Crippen LogP contribution in [0.3, 0.4) is 0 Å². The zero-order chi connectivity index (χ0) is 20.9. The molecule has 0 bridgehead atoms. The third-order valence-electron chi connectivity index (χ3n) is 6.78. The van der Waals surface area contributed by atoms with E-state index >= 15 is 0 Å². The van der Waals surface area contributed by atoms with Crippen molar-refractivity contribution in [1.29, 1.82) is 0 Å². The Morgan fingerprint density at radius 2 is 2.23 bits per heavy atom. The van der Waals surface area contributed by atoms with Gasteiger partial charge in [0.1, 0.15) is 0 Å². The Kier molecular flexibility index (Phi) is 7.10. The first-order valence-electron chi connectivity index (χ1n) is 11.4. The summed E-state index contributed by atoms with van der Waals surface area (Å²) < 4.78 is 2.27. The van der Waals surface area contributed by atoms with Gasteiger partial charge in [-0.3, -0.25) is 9.89 Å². The minimum absolute atomic E-state index is 0.449. The van der Waals surface area contributed by atoms with Crippen molar-refractivity contribution >= 4 is 17.3 Å². The van der Waals surface area contributed by atoms with Crippen LogP contribution in [0.15, 0.2) is 41.2 Å². The van der Waals surface area contributed by atoms with Crippen LogP contribution in [0.4, 0.5) is 0 Å². The second-order valence-electron chi connectivity index (χ2n) is 8.83. The van der Waals surface area contributed by atoms with Crippen molar-refractivity contribution in [3.63, 3.8) is 0 Å². The summed E-state index contributed by atoms with van der Waals surface area (Å²) in [6.07, 6.45) is 9.63. The normalized spacial score (nSPS) is 28.6. The first kappa shape index (κ1) is 21.4. The van der Waals surface area contributed by atoms with Crippen molar-refractivity contribution in [2.75, 3.05) is 39.8 Å². The Bertz CT molecular complexity index is 787. The van der Waals surface area contributed by atoms with E-state index in [-0.39, 0.29) is 0 Å². The molecular formula is C23H36N6S. The number of thiophene rings is 1. The van der Waals surface area contributed by atoms with Gasteiger partial charge >= 0.3 is 0 Å². The van der Waals surface area contributed by atoms with E-state index in [0.717, 1.165) is 32.1 Å². The molecule has 7 heteroatoms. The molecule has 6 nitrogen and oxygen atoms in total. The summed E-state index contributed by atoms with van der Waals surface area (Å²) in [7, 11) is 2.27. The number of aromatic nitrogens is 2. The molecule has 30 heavy (non-hydrogen) atoms. The van der Waals surface area contributed by atoms with E-state index in [9.17, 15) is 0 Å². The smallest absolute Gasteiger partial charge is 0.193 e. The summed E-state index contributed by atoms with van der Waals surface area (Å²) in [5.74, 6) is 2.30. The van der Waals surface area contributed by atoms with Gasteiger partial charge in [-0.2, -0.15) is 0 Å². The van der Waals surface area contributed by atoms with Crippen LogP contribution in [0.2, 0.25) is 0 Å². The van der Waals surface area contributed by atoms with E-state index in [1.54, 1.807) is 0 Å². The monoisotopic (exact) mass is 428 g/mol. The standard InChI is InChI=1S/C23H36N6S/c1-4-25-23(28-12-9-18(2)20(16-28)29-13-10-24-17-29)26-15-19-7-5-11-27(3)22(19)21-8-6-14-30-21/h6,8,10,13-14,17-20,22H,4-5,7,9,11-12,15-16H2,1-3H3,(H,25,26). The molecule has 4 rings (SSSR count). The van der Waals surface area contributed by atoms with Crippen LogP contribution in [0, 0.1) is 11.8 Å². The summed E-state index contributed by atoms with van der Waals surface area (Å²) in [5.41, 5.74) is 0. The molecule has 4 heterocycles. The summed E-state index contributed by atoms with van der Waals surface area (Å²) in [5, 5.41) is 5.78. The van der Waals surface area contributed by atoms with Gasteiger partial charge in [-0.25, -0.2) is 4.98 Å². The van der Waals surface area contributed by atoms with E-state index in [1.807, 2.05) is 23.9 Å². The fourth-order valence-electron chi connectivity index (χ4n) is 5.08. The molecule has 2 aromatic heterocycles. The van der Waals surface area contributed by atoms with Crippen molar-refractivity contribution in [1.82, 2.24) is 24.7 Å². The van der Waals surface area contributed by atoms with Crippen molar-refractivity contribution in [2.45, 2.75) is 45.2 Å². The van der Waals surface area contributed by atoms with Gasteiger partial charge < -0.3 is 14.8 Å². The minimum atomic E-state index is 0.449. The molecular weight excluding hydrogens is 392 g/mol. The highest BCUT2D eigenvalue weighted by Gasteiger charge is 2.32. The van der Waals surface area contributed by atoms with Gasteiger partial charge in [0.2, 0.25) is 0 Å². The SMILES string of the molecule is CCNC(=NCC1CCCN(C)C1c1cccs1)N1CCC(C)C(n2ccnc2)C1. The molecule has 2 fully saturated rings. The van der Waals surface area contributed by atoms with Crippen LogP contribution in [-0.4, -0.2) is 65.1 Å². The molecule has 0 amide bonds. The van der Waals surface area contributed by atoms with Crippen LogP contribution in [0.5, 0.6) is 0 Å². The molecule has 0 aromatic carbocycles. The Morgan fingerprint density at radius 3 is 2.97 bits per heavy atom. The lowest BCUT2D eigenvalue weighted by molar-refractivity contribution is 0.127. The quantitative estimate of drug-likeness (QED) is 0.580. The fraction of sp³-hybridized carbons (Fsp3) is 0.652. The third-order valence-corrected chi connectivity index (χ3v) is 7.72. The predicted molar refractivity (Wildman–Crippen MR) is 125 cm³/mol. The van der Waals surface area contributed by atoms with Gasteiger partial charge in [-0.15, -0.1) is 11.3 Å². The van der Waals surface area contributed by atoms with Crippen LogP contribution in [0.1, 0.15) is 50.1 Å². The van der Waals surface area contributed by atoms with E-state index in [0.29, 0.717) is 23.9 Å². The average molecular weight is 429 g/mol. The fourth-order valence-corrected chi connectivity index (χ4v) is 6.07. The first-order valence-corrected chi connectivity index (χ1v) is 12.3. The van der Waals surface area contributed by atoms with Crippen LogP contribution in [0.25, 0.3) is 0 Å². The molecule has 4 unspecified atom stereocenters. The minimum Gasteiger partial charge on any atom is -0.357 e. The van der Waals surface area contributed by atoms with Gasteiger partial charge in [0, 0.05) is 49.5 Å². The molecule has 2 aliphatic rings. The number of rotatable bonds is 5. The maximum atomic E-state index is 5.18. The molecule has 0 saturated carbocycles. The molecule has 1 N–H and O–H groups in total. The number of hydrogen-bond donors (Lipinski definition) is 1. The predicted octanol–water partition coefficient (Wildman–Crippen LogP) is 3.88. The molecule has 4 atom stereocenters. The maximum absolute atomic E-state index is 5.18. The number of guanidine groups is 1. The van der Waals surface area contributed by atoms with E-state index in [1.165, 1.54) is 30.7 Å². The van der Waals surface area contributed by atoms with Gasteiger partial charge in [0.25, 0.3) is 0 Å². The number of nitrogens with one attached hydrogen (secondary N) is 1. The molecule has 2 aliphatic heterocycles. The highest BCUT2D eigenvalue weighted by molar-refractivity contribution is 7.10. The highest BCUT2D eigenvalue weighted by Crippen LogP contribution is 2.37. The largest absolute Gasteiger partial charge is 0.357 e. The van der Waals surface area contributed by atoms with Crippen LogP contribution >= 0.6 is 11.3 Å². The number of piperidine rings is 2. The first-order chi connectivity index (χ1) is 14.7. The highest BCUT2D eigenvalue weighted by atomic mass is 32.1. The lowest BCUT2D eigenvalue weighted by Crippen LogP contribution is -2.49. The molecule has 164 valence electrons. The zero-order valence-corrected chi connectivity index (χ0v) is 19.4. The second kappa shape index (κ2) is 9.96. The number of nitrogens with zero attached hydrogens (tertiary/aromatic N) is 5. The second-order valence-corrected chi connectivity index (χ2v) is 9.81. The number of hydrogen-bond acceptors (Lipinski definition) is 4.